The van der Waals surface area contributed by atoms with E-state index in [9.17, 15) is 0 Å². The first-order valence-corrected chi connectivity index (χ1v) is 6.24. The summed E-state index contributed by atoms with van der Waals surface area (Å²) in [5.41, 5.74) is 2.39. The summed E-state index contributed by atoms with van der Waals surface area (Å²) >= 11 is 0. The van der Waals surface area contributed by atoms with E-state index >= 15 is 0 Å². The van der Waals surface area contributed by atoms with Gasteiger partial charge < -0.3 is 14.8 Å². The Morgan fingerprint density at radius 2 is 2.29 bits per heavy atom. The second-order valence-electron chi connectivity index (χ2n) is 4.58. The van der Waals surface area contributed by atoms with Crippen molar-refractivity contribution in [1.29, 1.82) is 0 Å². The highest BCUT2D eigenvalue weighted by atomic mass is 16.5. The minimum absolute atomic E-state index is 0.104. The van der Waals surface area contributed by atoms with Crippen LogP contribution in [0.4, 0.5) is 0 Å². The summed E-state index contributed by atoms with van der Waals surface area (Å²) in [6, 6.07) is 6.72. The fraction of sp³-hybridized carbons (Fsp3) is 0.571. The highest BCUT2D eigenvalue weighted by Gasteiger charge is 2.23. The summed E-state index contributed by atoms with van der Waals surface area (Å²) in [4.78, 5) is 0. The minimum atomic E-state index is 0.104. The summed E-state index contributed by atoms with van der Waals surface area (Å²) in [5.74, 6) is 0.914. The van der Waals surface area contributed by atoms with E-state index in [1.54, 1.807) is 7.11 Å². The molecule has 17 heavy (non-hydrogen) atoms. The van der Waals surface area contributed by atoms with Crippen molar-refractivity contribution in [3.05, 3.63) is 29.3 Å². The van der Waals surface area contributed by atoms with Gasteiger partial charge in [0.05, 0.1) is 19.8 Å². The van der Waals surface area contributed by atoms with Crippen LogP contribution < -0.4 is 10.1 Å². The van der Waals surface area contributed by atoms with Gasteiger partial charge in [-0.05, 0) is 25.5 Å². The number of ether oxygens (including phenoxy) is 2. The molecule has 0 radical (unpaired) electrons. The lowest BCUT2D eigenvalue weighted by atomic mass is 10.0. The van der Waals surface area contributed by atoms with Crippen LogP contribution in [0.1, 0.15) is 30.6 Å². The van der Waals surface area contributed by atoms with E-state index < -0.39 is 0 Å². The van der Waals surface area contributed by atoms with Crippen LogP contribution in [0.15, 0.2) is 18.2 Å². The average molecular weight is 235 g/mol. The molecule has 94 valence electrons. The Balaban J connectivity index is 2.14. The van der Waals surface area contributed by atoms with Gasteiger partial charge in [-0.1, -0.05) is 18.6 Å². The number of methoxy groups -OCH3 is 1. The predicted molar refractivity (Wildman–Crippen MR) is 68.5 cm³/mol. The zero-order chi connectivity index (χ0) is 12.3. The Bertz CT molecular complexity index is 370. The molecule has 1 heterocycles. The molecule has 1 aliphatic heterocycles. The van der Waals surface area contributed by atoms with Crippen LogP contribution in [0, 0.1) is 6.92 Å². The molecule has 2 rings (SSSR count). The van der Waals surface area contributed by atoms with Gasteiger partial charge in [0.25, 0.3) is 0 Å². The molecule has 3 heteroatoms. The molecule has 0 spiro atoms. The highest BCUT2D eigenvalue weighted by Crippen LogP contribution is 2.30. The van der Waals surface area contributed by atoms with Gasteiger partial charge in [-0.25, -0.2) is 0 Å². The smallest absolute Gasteiger partial charge is 0.124 e. The third kappa shape index (κ3) is 2.79. The molecule has 1 aliphatic rings. The molecule has 1 N–H and O–H groups in total. The summed E-state index contributed by atoms with van der Waals surface area (Å²) in [5, 5.41) is 3.51. The lowest BCUT2D eigenvalue weighted by Gasteiger charge is -2.30. The van der Waals surface area contributed by atoms with Crippen molar-refractivity contribution in [1.82, 2.24) is 5.32 Å². The molecule has 0 aliphatic carbocycles. The van der Waals surface area contributed by atoms with Gasteiger partial charge in [0.2, 0.25) is 0 Å². The molecule has 1 saturated heterocycles. The SMILES string of the molecule is CCC1COC(c2cc(C)ccc2OC)CN1. The molecule has 3 nitrogen and oxygen atoms in total. The molecule has 0 saturated carbocycles. The van der Waals surface area contributed by atoms with Gasteiger partial charge in [-0.3, -0.25) is 0 Å². The first-order valence-electron chi connectivity index (χ1n) is 6.24. The van der Waals surface area contributed by atoms with E-state index in [0.717, 1.165) is 30.9 Å². The molecule has 1 fully saturated rings. The van der Waals surface area contributed by atoms with Crippen LogP contribution in [0.25, 0.3) is 0 Å². The maximum absolute atomic E-state index is 5.92. The van der Waals surface area contributed by atoms with Crippen LogP contribution in [0.2, 0.25) is 0 Å². The summed E-state index contributed by atoms with van der Waals surface area (Å²) in [6.45, 7) is 5.90. The Morgan fingerprint density at radius 1 is 1.47 bits per heavy atom. The molecular formula is C14H21NO2. The van der Waals surface area contributed by atoms with E-state index in [1.807, 2.05) is 6.07 Å². The second kappa shape index (κ2) is 5.52. The van der Waals surface area contributed by atoms with Gasteiger partial charge in [0.15, 0.2) is 0 Å². The van der Waals surface area contributed by atoms with Crippen LogP contribution >= 0.6 is 0 Å². The Labute approximate surface area is 103 Å². The van der Waals surface area contributed by atoms with Crippen molar-refractivity contribution in [2.75, 3.05) is 20.3 Å². The van der Waals surface area contributed by atoms with Crippen molar-refractivity contribution >= 4 is 0 Å². The minimum Gasteiger partial charge on any atom is -0.496 e. The van der Waals surface area contributed by atoms with E-state index in [1.165, 1.54) is 5.56 Å². The highest BCUT2D eigenvalue weighted by molar-refractivity contribution is 5.38. The van der Waals surface area contributed by atoms with Crippen LogP contribution in [-0.4, -0.2) is 26.3 Å². The summed E-state index contributed by atoms with van der Waals surface area (Å²) in [7, 11) is 1.71. The van der Waals surface area contributed by atoms with Gasteiger partial charge in [0, 0.05) is 18.2 Å². The monoisotopic (exact) mass is 235 g/mol. The molecule has 0 aromatic heterocycles. The molecule has 0 amide bonds. The summed E-state index contributed by atoms with van der Waals surface area (Å²) < 4.78 is 11.3. The molecule has 0 bridgehead atoms. The quantitative estimate of drug-likeness (QED) is 0.873. The van der Waals surface area contributed by atoms with Crippen LogP contribution in [0.5, 0.6) is 5.75 Å². The Kier molecular flexibility index (Phi) is 4.02. The topological polar surface area (TPSA) is 30.5 Å². The van der Waals surface area contributed by atoms with Gasteiger partial charge >= 0.3 is 0 Å². The largest absolute Gasteiger partial charge is 0.496 e. The average Bonchev–Trinajstić information content (AvgIpc) is 2.39. The van der Waals surface area contributed by atoms with Gasteiger partial charge in [0.1, 0.15) is 5.75 Å². The first-order chi connectivity index (χ1) is 8.24. The van der Waals surface area contributed by atoms with E-state index in [0.29, 0.717) is 6.04 Å². The number of rotatable bonds is 3. The van der Waals surface area contributed by atoms with E-state index in [2.05, 4.69) is 31.3 Å². The maximum atomic E-state index is 5.92. The standard InChI is InChI=1S/C14H21NO2/c1-4-11-9-17-14(8-15-11)12-7-10(2)5-6-13(12)16-3/h5-7,11,14-15H,4,8-9H2,1-3H3. The Hall–Kier alpha value is -1.06. The summed E-state index contributed by atoms with van der Waals surface area (Å²) in [6.07, 6.45) is 1.21. The number of aryl methyl sites for hydroxylation is 1. The number of nitrogens with one attached hydrogen (secondary N) is 1. The molecule has 2 unspecified atom stereocenters. The van der Waals surface area contributed by atoms with Crippen LogP contribution in [0.3, 0.4) is 0 Å². The van der Waals surface area contributed by atoms with Crippen LogP contribution in [-0.2, 0) is 4.74 Å². The maximum Gasteiger partial charge on any atom is 0.124 e. The van der Waals surface area contributed by atoms with Gasteiger partial charge in [-0.15, -0.1) is 0 Å². The predicted octanol–water partition coefficient (Wildman–Crippen LogP) is 2.44. The number of hydrogen-bond acceptors (Lipinski definition) is 3. The lowest BCUT2D eigenvalue weighted by molar-refractivity contribution is 0.00103. The molecule has 1 aromatic carbocycles. The van der Waals surface area contributed by atoms with E-state index in [4.69, 9.17) is 9.47 Å². The number of benzene rings is 1. The third-order valence-corrected chi connectivity index (χ3v) is 3.32. The Morgan fingerprint density at radius 3 is 2.88 bits per heavy atom. The van der Waals surface area contributed by atoms with Crippen molar-refractivity contribution in [3.8, 4) is 5.75 Å². The lowest BCUT2D eigenvalue weighted by Crippen LogP contribution is -2.42. The molecule has 2 atom stereocenters. The molecule has 1 aromatic rings. The number of hydrogen-bond donors (Lipinski definition) is 1. The number of morpholine rings is 1. The molecular weight excluding hydrogens is 214 g/mol. The zero-order valence-corrected chi connectivity index (χ0v) is 10.8. The third-order valence-electron chi connectivity index (χ3n) is 3.32. The second-order valence-corrected chi connectivity index (χ2v) is 4.58. The van der Waals surface area contributed by atoms with Crippen molar-refractivity contribution < 1.29 is 9.47 Å². The van der Waals surface area contributed by atoms with E-state index in [-0.39, 0.29) is 6.10 Å². The van der Waals surface area contributed by atoms with Crippen molar-refractivity contribution in [2.45, 2.75) is 32.4 Å². The normalized spacial score (nSPS) is 24.6. The first kappa shape index (κ1) is 12.4. The zero-order valence-electron chi connectivity index (χ0n) is 10.8. The van der Waals surface area contributed by atoms with Crippen molar-refractivity contribution in [2.24, 2.45) is 0 Å². The van der Waals surface area contributed by atoms with Crippen molar-refractivity contribution in [3.63, 3.8) is 0 Å². The fourth-order valence-corrected chi connectivity index (χ4v) is 2.19. The fourth-order valence-electron chi connectivity index (χ4n) is 2.19. The van der Waals surface area contributed by atoms with Gasteiger partial charge in [-0.2, -0.15) is 0 Å².